The highest BCUT2D eigenvalue weighted by Crippen LogP contribution is 2.31. The molecule has 3 aromatic rings. The van der Waals surface area contributed by atoms with E-state index in [0.717, 1.165) is 29.5 Å². The van der Waals surface area contributed by atoms with Gasteiger partial charge in [0.15, 0.2) is 0 Å². The molecule has 0 saturated heterocycles. The molecule has 0 fully saturated rings. The molecule has 8 heteroatoms. The second-order valence-electron chi connectivity index (χ2n) is 7.84. The number of benzene rings is 2. The number of carbonyl (C=O) groups excluding carboxylic acids is 2. The second kappa shape index (κ2) is 9.57. The van der Waals surface area contributed by atoms with E-state index in [1.54, 1.807) is 18.2 Å². The van der Waals surface area contributed by atoms with Crippen LogP contribution in [-0.2, 0) is 19.4 Å². The molecule has 2 amide bonds. The molecule has 0 saturated carbocycles. The quantitative estimate of drug-likeness (QED) is 0.607. The first kappa shape index (κ1) is 22.1. The third-order valence-corrected chi connectivity index (χ3v) is 5.73. The summed E-state index contributed by atoms with van der Waals surface area (Å²) in [4.78, 5) is 33.3. The maximum absolute atomic E-state index is 13.7. The van der Waals surface area contributed by atoms with Crippen LogP contribution in [0.3, 0.4) is 0 Å². The van der Waals surface area contributed by atoms with Gasteiger partial charge in [0, 0.05) is 12.6 Å². The highest BCUT2D eigenvalue weighted by atomic mass is 19.1. The Morgan fingerprint density at radius 3 is 2.67 bits per heavy atom. The van der Waals surface area contributed by atoms with E-state index in [1.807, 2.05) is 19.1 Å². The van der Waals surface area contributed by atoms with Gasteiger partial charge < -0.3 is 10.6 Å². The van der Waals surface area contributed by atoms with Gasteiger partial charge in [-0.2, -0.15) is 5.26 Å². The first-order valence-electron chi connectivity index (χ1n) is 10.7. The van der Waals surface area contributed by atoms with Crippen LogP contribution in [0.1, 0.15) is 68.2 Å². The van der Waals surface area contributed by atoms with Crippen LogP contribution in [0.5, 0.6) is 0 Å². The average Bonchev–Trinajstić information content (AvgIpc) is 3.25. The number of hydrogen-bond acceptors (Lipinski definition) is 5. The highest BCUT2D eigenvalue weighted by molar-refractivity contribution is 5.97. The molecule has 0 radical (unpaired) electrons. The van der Waals surface area contributed by atoms with Gasteiger partial charge >= 0.3 is 0 Å². The van der Waals surface area contributed by atoms with Gasteiger partial charge in [0.05, 0.1) is 17.7 Å². The Labute approximate surface area is 190 Å². The molecule has 1 heterocycles. The first-order chi connectivity index (χ1) is 16.0. The first-order valence-corrected chi connectivity index (χ1v) is 10.7. The Balaban J connectivity index is 1.41. The van der Waals surface area contributed by atoms with Crippen LogP contribution in [0, 0.1) is 17.1 Å². The minimum atomic E-state index is -0.455. The molecular weight excluding hydrogens is 421 g/mol. The molecule has 0 aliphatic heterocycles. The molecule has 2 N–H and O–H groups in total. The molecule has 33 heavy (non-hydrogen) atoms. The van der Waals surface area contributed by atoms with Crippen molar-refractivity contribution >= 4 is 11.8 Å². The average molecular weight is 443 g/mol. The van der Waals surface area contributed by atoms with Crippen molar-refractivity contribution in [3.05, 3.63) is 93.8 Å². The van der Waals surface area contributed by atoms with Gasteiger partial charge in [-0.3, -0.25) is 9.59 Å². The van der Waals surface area contributed by atoms with Crippen LogP contribution in [-0.4, -0.2) is 21.8 Å². The van der Waals surface area contributed by atoms with Crippen LogP contribution >= 0.6 is 0 Å². The lowest BCUT2D eigenvalue weighted by atomic mass is 10.1. The second-order valence-corrected chi connectivity index (χ2v) is 7.84. The number of nitriles is 1. The standard InChI is InChI=1S/C25H22FN5O2/c1-2-17-10-16(4-7-20(17)26)13-28-24(32)22-11-23(30-14-29-22)25(33)31-21-8-5-18-9-15(12-27)3-6-19(18)21/h3-4,6-7,9-11,14,21H,2,5,8,13H2,1H3,(H,28,32)(H,31,33)/t21-/m0/s1. The number of aryl methyl sites for hydroxylation is 2. The molecular formula is C25H22FN5O2. The summed E-state index contributed by atoms with van der Waals surface area (Å²) >= 11 is 0. The van der Waals surface area contributed by atoms with Crippen LogP contribution in [0.4, 0.5) is 4.39 Å². The fourth-order valence-corrected chi connectivity index (χ4v) is 3.96. The largest absolute Gasteiger partial charge is 0.347 e. The number of nitrogens with one attached hydrogen (secondary N) is 2. The van der Waals surface area contributed by atoms with Crippen molar-refractivity contribution in [3.8, 4) is 6.07 Å². The molecule has 2 aromatic carbocycles. The summed E-state index contributed by atoms with van der Waals surface area (Å²) in [6.07, 6.45) is 3.24. The van der Waals surface area contributed by atoms with Crippen molar-refractivity contribution in [1.29, 1.82) is 5.26 Å². The van der Waals surface area contributed by atoms with Crippen molar-refractivity contribution in [2.75, 3.05) is 0 Å². The Morgan fingerprint density at radius 2 is 1.91 bits per heavy atom. The summed E-state index contributed by atoms with van der Waals surface area (Å²) < 4.78 is 13.7. The molecule has 0 bridgehead atoms. The van der Waals surface area contributed by atoms with E-state index in [0.29, 0.717) is 17.5 Å². The monoisotopic (exact) mass is 443 g/mol. The van der Waals surface area contributed by atoms with E-state index < -0.39 is 11.8 Å². The zero-order valence-corrected chi connectivity index (χ0v) is 18.1. The lowest BCUT2D eigenvalue weighted by Gasteiger charge is -2.14. The predicted octanol–water partition coefficient (Wildman–Crippen LogP) is 3.40. The summed E-state index contributed by atoms with van der Waals surface area (Å²) in [6.45, 7) is 2.07. The number of nitrogens with zero attached hydrogens (tertiary/aromatic N) is 3. The minimum absolute atomic E-state index is 0.0680. The van der Waals surface area contributed by atoms with Gasteiger partial charge in [-0.25, -0.2) is 14.4 Å². The van der Waals surface area contributed by atoms with Crippen molar-refractivity contribution in [3.63, 3.8) is 0 Å². The zero-order chi connectivity index (χ0) is 23.4. The Kier molecular flexibility index (Phi) is 6.41. The third kappa shape index (κ3) is 4.88. The lowest BCUT2D eigenvalue weighted by Crippen LogP contribution is -2.29. The third-order valence-electron chi connectivity index (χ3n) is 5.73. The summed E-state index contributed by atoms with van der Waals surface area (Å²) in [7, 11) is 0. The van der Waals surface area contributed by atoms with Gasteiger partial charge in [0.1, 0.15) is 23.5 Å². The van der Waals surface area contributed by atoms with Crippen molar-refractivity contribution in [2.45, 2.75) is 38.8 Å². The lowest BCUT2D eigenvalue weighted by molar-refractivity contribution is 0.0931. The van der Waals surface area contributed by atoms with Crippen LogP contribution in [0.25, 0.3) is 0 Å². The van der Waals surface area contributed by atoms with Crippen molar-refractivity contribution in [1.82, 2.24) is 20.6 Å². The van der Waals surface area contributed by atoms with E-state index in [9.17, 15) is 14.0 Å². The Hall–Kier alpha value is -4.12. The van der Waals surface area contributed by atoms with Crippen molar-refractivity contribution < 1.29 is 14.0 Å². The maximum atomic E-state index is 13.7. The maximum Gasteiger partial charge on any atom is 0.270 e. The highest BCUT2D eigenvalue weighted by Gasteiger charge is 2.25. The summed E-state index contributed by atoms with van der Waals surface area (Å²) in [6, 6.07) is 13.5. The van der Waals surface area contributed by atoms with Gasteiger partial charge in [0.25, 0.3) is 11.8 Å². The van der Waals surface area contributed by atoms with Gasteiger partial charge in [0.2, 0.25) is 0 Å². The number of hydrogen-bond donors (Lipinski definition) is 2. The van der Waals surface area contributed by atoms with E-state index in [4.69, 9.17) is 5.26 Å². The normalized spacial score (nSPS) is 14.3. The molecule has 0 spiro atoms. The summed E-state index contributed by atoms with van der Waals surface area (Å²) in [5, 5.41) is 14.7. The number of halogens is 1. The molecule has 0 unspecified atom stereocenters. The van der Waals surface area contributed by atoms with Crippen LogP contribution in [0.15, 0.2) is 48.8 Å². The molecule has 1 atom stereocenters. The Bertz CT molecular complexity index is 1270. The molecule has 1 aliphatic rings. The smallest absolute Gasteiger partial charge is 0.270 e. The number of fused-ring (bicyclic) bond motifs is 1. The fraction of sp³-hybridized carbons (Fsp3) is 0.240. The molecule has 1 aliphatic carbocycles. The predicted molar refractivity (Wildman–Crippen MR) is 119 cm³/mol. The number of rotatable bonds is 6. The molecule has 7 nitrogen and oxygen atoms in total. The van der Waals surface area contributed by atoms with Crippen LogP contribution in [0.2, 0.25) is 0 Å². The fourth-order valence-electron chi connectivity index (χ4n) is 3.96. The van der Waals surface area contributed by atoms with E-state index in [-0.39, 0.29) is 29.8 Å². The molecule has 4 rings (SSSR count). The van der Waals surface area contributed by atoms with E-state index >= 15 is 0 Å². The Morgan fingerprint density at radius 1 is 1.12 bits per heavy atom. The van der Waals surface area contributed by atoms with E-state index in [1.165, 1.54) is 18.5 Å². The SMILES string of the molecule is CCc1cc(CNC(=O)c2cc(C(=O)N[C@H]3CCc4cc(C#N)ccc43)ncn2)ccc1F. The molecule has 166 valence electrons. The zero-order valence-electron chi connectivity index (χ0n) is 18.1. The topological polar surface area (TPSA) is 108 Å². The summed E-state index contributed by atoms with van der Waals surface area (Å²) in [5.74, 6) is -1.13. The van der Waals surface area contributed by atoms with E-state index in [2.05, 4.69) is 26.7 Å². The molecule has 1 aromatic heterocycles. The van der Waals surface area contributed by atoms with Gasteiger partial charge in [-0.1, -0.05) is 25.1 Å². The number of carbonyl (C=O) groups is 2. The minimum Gasteiger partial charge on any atom is -0.347 e. The van der Waals surface area contributed by atoms with Gasteiger partial charge in [-0.05, 0) is 59.7 Å². The van der Waals surface area contributed by atoms with Crippen LogP contribution < -0.4 is 10.6 Å². The number of aromatic nitrogens is 2. The number of amides is 2. The summed E-state index contributed by atoms with van der Waals surface area (Å²) in [5.41, 5.74) is 4.15. The van der Waals surface area contributed by atoms with Gasteiger partial charge in [-0.15, -0.1) is 0 Å². The van der Waals surface area contributed by atoms with Crippen molar-refractivity contribution in [2.24, 2.45) is 0 Å².